The molecule has 0 aliphatic carbocycles. The van der Waals surface area contributed by atoms with Gasteiger partial charge >= 0.3 is 0 Å². The molecule has 0 aliphatic rings. The first-order valence-corrected chi connectivity index (χ1v) is 5.70. The number of nitrogens with zero attached hydrogens (tertiary/aromatic N) is 1. The fourth-order valence-corrected chi connectivity index (χ4v) is 2.17. The van der Waals surface area contributed by atoms with E-state index in [1.807, 2.05) is 0 Å². The van der Waals surface area contributed by atoms with Gasteiger partial charge < -0.3 is 5.32 Å². The number of aromatic amines is 1. The minimum absolute atomic E-state index is 0. The Balaban J connectivity index is 0.00000196. The molecule has 8 heteroatoms. The van der Waals surface area contributed by atoms with Gasteiger partial charge in [0.15, 0.2) is 0 Å². The topological polar surface area (TPSA) is 86.9 Å². The van der Waals surface area contributed by atoms with Gasteiger partial charge in [-0.2, -0.15) is 5.10 Å². The van der Waals surface area contributed by atoms with Crippen LogP contribution in [0.3, 0.4) is 0 Å². The molecule has 0 unspecified atom stereocenters. The van der Waals surface area contributed by atoms with E-state index in [9.17, 15) is 8.42 Å². The first kappa shape index (κ1) is 14.4. The lowest BCUT2D eigenvalue weighted by molar-refractivity contribution is 0.579. The maximum absolute atomic E-state index is 11.6. The van der Waals surface area contributed by atoms with Crippen molar-refractivity contribution in [1.29, 1.82) is 0 Å². The van der Waals surface area contributed by atoms with Crippen LogP contribution < -0.4 is 10.0 Å². The molecule has 1 aromatic heterocycles. The molecule has 1 aromatic rings. The van der Waals surface area contributed by atoms with Crippen LogP contribution in [0.25, 0.3) is 0 Å². The molecule has 88 valence electrons. The lowest BCUT2D eigenvalue weighted by atomic mass is 10.5. The molecule has 0 bridgehead atoms. The molecule has 0 fully saturated rings. The molecule has 0 saturated heterocycles. The average Bonchev–Trinajstić information content (AvgIpc) is 2.52. The van der Waals surface area contributed by atoms with E-state index in [1.54, 1.807) is 14.0 Å². The Labute approximate surface area is 95.3 Å². The summed E-state index contributed by atoms with van der Waals surface area (Å²) in [6, 6.07) is 0. The summed E-state index contributed by atoms with van der Waals surface area (Å²) >= 11 is 0. The Hall–Kier alpha value is -0.630. The van der Waals surface area contributed by atoms with E-state index < -0.39 is 10.0 Å². The number of aromatic nitrogens is 2. The fourth-order valence-electron chi connectivity index (χ4n) is 0.999. The van der Waals surface area contributed by atoms with Crippen molar-refractivity contribution in [1.82, 2.24) is 20.2 Å². The van der Waals surface area contributed by atoms with Crippen LogP contribution in [0.2, 0.25) is 0 Å². The minimum atomic E-state index is -3.40. The standard InChI is InChI=1S/C7H14N4O2S.ClH/c1-6-7(5-9-11-6)14(12,13)10-4-3-8-2;/h5,8,10H,3-4H2,1-2H3,(H,9,11);1H. The maximum atomic E-state index is 11.6. The predicted octanol–water partition coefficient (Wildman–Crippen LogP) is -0.362. The molecule has 0 saturated carbocycles. The van der Waals surface area contributed by atoms with Crippen LogP contribution >= 0.6 is 12.4 Å². The number of sulfonamides is 1. The van der Waals surface area contributed by atoms with E-state index in [4.69, 9.17) is 0 Å². The number of nitrogens with one attached hydrogen (secondary N) is 3. The number of halogens is 1. The second-order valence-electron chi connectivity index (χ2n) is 2.86. The van der Waals surface area contributed by atoms with E-state index in [0.717, 1.165) is 0 Å². The quantitative estimate of drug-likeness (QED) is 0.626. The number of likely N-dealkylation sites (N-methyl/N-ethyl adjacent to an activating group) is 1. The molecule has 0 amide bonds. The summed E-state index contributed by atoms with van der Waals surface area (Å²) in [7, 11) is -1.64. The summed E-state index contributed by atoms with van der Waals surface area (Å²) in [5.74, 6) is 0. The lowest BCUT2D eigenvalue weighted by Crippen LogP contribution is -2.30. The van der Waals surface area contributed by atoms with E-state index in [1.165, 1.54) is 6.20 Å². The number of H-pyrrole nitrogens is 1. The highest BCUT2D eigenvalue weighted by atomic mass is 35.5. The smallest absolute Gasteiger partial charge is 0.243 e. The van der Waals surface area contributed by atoms with Gasteiger partial charge in [0.2, 0.25) is 10.0 Å². The van der Waals surface area contributed by atoms with Gasteiger partial charge in [-0.05, 0) is 14.0 Å². The number of aryl methyl sites for hydroxylation is 1. The van der Waals surface area contributed by atoms with Gasteiger partial charge in [0.1, 0.15) is 4.90 Å². The zero-order valence-corrected chi connectivity index (χ0v) is 10.2. The summed E-state index contributed by atoms with van der Waals surface area (Å²) in [6.07, 6.45) is 1.30. The molecule has 0 radical (unpaired) electrons. The Morgan fingerprint density at radius 2 is 2.13 bits per heavy atom. The number of hydrogen-bond acceptors (Lipinski definition) is 4. The Morgan fingerprint density at radius 1 is 1.47 bits per heavy atom. The highest BCUT2D eigenvalue weighted by molar-refractivity contribution is 7.89. The van der Waals surface area contributed by atoms with Crippen LogP contribution in [-0.4, -0.2) is 38.8 Å². The molecule has 0 aliphatic heterocycles. The normalized spacial score (nSPS) is 11.1. The van der Waals surface area contributed by atoms with E-state index in [0.29, 0.717) is 18.8 Å². The van der Waals surface area contributed by atoms with Crippen molar-refractivity contribution in [3.05, 3.63) is 11.9 Å². The van der Waals surface area contributed by atoms with Crippen molar-refractivity contribution in [2.24, 2.45) is 0 Å². The van der Waals surface area contributed by atoms with Crippen molar-refractivity contribution in [3.63, 3.8) is 0 Å². The van der Waals surface area contributed by atoms with Crippen LogP contribution in [-0.2, 0) is 10.0 Å². The van der Waals surface area contributed by atoms with Gasteiger partial charge in [-0.1, -0.05) is 0 Å². The second kappa shape index (κ2) is 6.06. The van der Waals surface area contributed by atoms with Gasteiger partial charge in [-0.25, -0.2) is 13.1 Å². The summed E-state index contributed by atoms with van der Waals surface area (Å²) in [6.45, 7) is 2.62. The summed E-state index contributed by atoms with van der Waals surface area (Å²) in [5, 5.41) is 9.09. The fraction of sp³-hybridized carbons (Fsp3) is 0.571. The van der Waals surface area contributed by atoms with Crippen LogP contribution in [0.15, 0.2) is 11.1 Å². The van der Waals surface area contributed by atoms with Crippen LogP contribution in [0.1, 0.15) is 5.69 Å². The number of rotatable bonds is 5. The molecule has 0 spiro atoms. The Bertz CT molecular complexity index is 389. The molecule has 15 heavy (non-hydrogen) atoms. The molecular formula is C7H15ClN4O2S. The first-order chi connectivity index (χ1) is 6.58. The third-order valence-corrected chi connectivity index (χ3v) is 3.32. The van der Waals surface area contributed by atoms with E-state index in [-0.39, 0.29) is 17.3 Å². The summed E-state index contributed by atoms with van der Waals surface area (Å²) < 4.78 is 25.6. The van der Waals surface area contributed by atoms with Crippen molar-refractivity contribution in [2.75, 3.05) is 20.1 Å². The zero-order valence-electron chi connectivity index (χ0n) is 8.57. The molecule has 1 rings (SSSR count). The SMILES string of the molecule is CNCCNS(=O)(=O)c1cn[nH]c1C.Cl. The van der Waals surface area contributed by atoms with Crippen LogP contribution in [0.5, 0.6) is 0 Å². The third kappa shape index (κ3) is 3.78. The Kier molecular flexibility index (Phi) is 5.81. The van der Waals surface area contributed by atoms with Gasteiger partial charge in [-0.15, -0.1) is 12.4 Å². The van der Waals surface area contributed by atoms with Gasteiger partial charge in [0.25, 0.3) is 0 Å². The van der Waals surface area contributed by atoms with Crippen molar-refractivity contribution >= 4 is 22.4 Å². The molecule has 3 N–H and O–H groups in total. The summed E-state index contributed by atoms with van der Waals surface area (Å²) in [5.41, 5.74) is 0.543. The number of hydrogen-bond donors (Lipinski definition) is 3. The molecule has 0 atom stereocenters. The average molecular weight is 255 g/mol. The van der Waals surface area contributed by atoms with Crippen molar-refractivity contribution in [3.8, 4) is 0 Å². The van der Waals surface area contributed by atoms with Gasteiger partial charge in [0, 0.05) is 13.1 Å². The highest BCUT2D eigenvalue weighted by Gasteiger charge is 2.17. The maximum Gasteiger partial charge on any atom is 0.243 e. The highest BCUT2D eigenvalue weighted by Crippen LogP contribution is 2.09. The largest absolute Gasteiger partial charge is 0.318 e. The minimum Gasteiger partial charge on any atom is -0.318 e. The molecule has 6 nitrogen and oxygen atoms in total. The summed E-state index contributed by atoms with van der Waals surface area (Å²) in [4.78, 5) is 0.202. The predicted molar refractivity (Wildman–Crippen MR) is 59.7 cm³/mol. The first-order valence-electron chi connectivity index (χ1n) is 4.22. The van der Waals surface area contributed by atoms with E-state index >= 15 is 0 Å². The molecule has 0 aromatic carbocycles. The van der Waals surface area contributed by atoms with Gasteiger partial charge in [0.05, 0.1) is 11.9 Å². The molecule has 1 heterocycles. The third-order valence-electron chi connectivity index (χ3n) is 1.74. The van der Waals surface area contributed by atoms with Crippen LogP contribution in [0.4, 0.5) is 0 Å². The zero-order chi connectivity index (χ0) is 10.6. The second-order valence-corrected chi connectivity index (χ2v) is 4.60. The van der Waals surface area contributed by atoms with Crippen molar-refractivity contribution < 1.29 is 8.42 Å². The van der Waals surface area contributed by atoms with Crippen molar-refractivity contribution in [2.45, 2.75) is 11.8 Å². The van der Waals surface area contributed by atoms with Crippen LogP contribution in [0, 0.1) is 6.92 Å². The monoisotopic (exact) mass is 254 g/mol. The molecular weight excluding hydrogens is 240 g/mol. The van der Waals surface area contributed by atoms with Gasteiger partial charge in [-0.3, -0.25) is 5.10 Å². The Morgan fingerprint density at radius 3 is 2.60 bits per heavy atom. The lowest BCUT2D eigenvalue weighted by Gasteiger charge is -2.04. The van der Waals surface area contributed by atoms with E-state index in [2.05, 4.69) is 20.2 Å².